The summed E-state index contributed by atoms with van der Waals surface area (Å²) in [6.45, 7) is 4.18. The summed E-state index contributed by atoms with van der Waals surface area (Å²) in [5, 5.41) is 0. The SMILES string of the molecule is CC[C@@H]1CCCCN1C(=O)CN1CCN(S(=O)(=O)c2cc(F)ccc2F)CC1. The molecule has 2 aliphatic heterocycles. The van der Waals surface area contributed by atoms with Crippen LogP contribution in [0.5, 0.6) is 0 Å². The minimum Gasteiger partial charge on any atom is -0.339 e. The van der Waals surface area contributed by atoms with Crippen LogP contribution in [0.1, 0.15) is 32.6 Å². The number of likely N-dealkylation sites (tertiary alicyclic amines) is 1. The van der Waals surface area contributed by atoms with Crippen molar-refractivity contribution in [3.8, 4) is 0 Å². The fraction of sp³-hybridized carbons (Fsp3) is 0.632. The van der Waals surface area contributed by atoms with E-state index in [0.717, 1.165) is 48.7 Å². The van der Waals surface area contributed by atoms with Crippen molar-refractivity contribution in [2.24, 2.45) is 0 Å². The Bertz CT molecular complexity index is 811. The molecule has 0 N–H and O–H groups in total. The van der Waals surface area contributed by atoms with Crippen LogP contribution < -0.4 is 0 Å². The fourth-order valence-electron chi connectivity index (χ4n) is 3.98. The summed E-state index contributed by atoms with van der Waals surface area (Å²) in [6, 6.07) is 2.71. The Hall–Kier alpha value is -1.58. The van der Waals surface area contributed by atoms with Gasteiger partial charge >= 0.3 is 0 Å². The second-order valence-electron chi connectivity index (χ2n) is 7.40. The van der Waals surface area contributed by atoms with Crippen molar-refractivity contribution in [1.82, 2.24) is 14.1 Å². The van der Waals surface area contributed by atoms with E-state index in [9.17, 15) is 22.0 Å². The molecule has 1 aromatic rings. The highest BCUT2D eigenvalue weighted by atomic mass is 32.2. The lowest BCUT2D eigenvalue weighted by Crippen LogP contribution is -2.53. The van der Waals surface area contributed by atoms with Gasteiger partial charge in [-0.2, -0.15) is 4.31 Å². The van der Waals surface area contributed by atoms with Gasteiger partial charge in [0, 0.05) is 38.8 Å². The quantitative estimate of drug-likeness (QED) is 0.739. The van der Waals surface area contributed by atoms with Crippen LogP contribution in [0, 0.1) is 11.6 Å². The second-order valence-corrected chi connectivity index (χ2v) is 9.31. The van der Waals surface area contributed by atoms with Gasteiger partial charge in [0.05, 0.1) is 6.54 Å². The number of carbonyl (C=O) groups excluding carboxylic acids is 1. The molecule has 1 amide bonds. The smallest absolute Gasteiger partial charge is 0.246 e. The first-order valence-electron chi connectivity index (χ1n) is 9.80. The lowest BCUT2D eigenvalue weighted by molar-refractivity contribution is -0.136. The molecule has 6 nitrogen and oxygen atoms in total. The minimum absolute atomic E-state index is 0.0824. The van der Waals surface area contributed by atoms with Crippen LogP contribution in [0.25, 0.3) is 0 Å². The van der Waals surface area contributed by atoms with Crippen LogP contribution in [0.15, 0.2) is 23.1 Å². The van der Waals surface area contributed by atoms with Crippen molar-refractivity contribution in [2.75, 3.05) is 39.3 Å². The summed E-state index contributed by atoms with van der Waals surface area (Å²) >= 11 is 0. The monoisotopic (exact) mass is 415 g/mol. The molecule has 28 heavy (non-hydrogen) atoms. The molecule has 0 radical (unpaired) electrons. The lowest BCUT2D eigenvalue weighted by Gasteiger charge is -2.38. The number of sulfonamides is 1. The van der Waals surface area contributed by atoms with E-state index in [2.05, 4.69) is 6.92 Å². The number of amides is 1. The van der Waals surface area contributed by atoms with Crippen LogP contribution >= 0.6 is 0 Å². The number of hydrogen-bond donors (Lipinski definition) is 0. The molecule has 0 aliphatic carbocycles. The maximum atomic E-state index is 13.9. The second kappa shape index (κ2) is 8.84. The number of halogens is 2. The van der Waals surface area contributed by atoms with Gasteiger partial charge in [0.2, 0.25) is 15.9 Å². The maximum Gasteiger partial charge on any atom is 0.246 e. The highest BCUT2D eigenvalue weighted by Crippen LogP contribution is 2.23. The molecule has 1 aromatic carbocycles. The third-order valence-electron chi connectivity index (χ3n) is 5.62. The van der Waals surface area contributed by atoms with Crippen molar-refractivity contribution < 1.29 is 22.0 Å². The average Bonchev–Trinajstić information content (AvgIpc) is 2.70. The van der Waals surface area contributed by atoms with E-state index in [-0.39, 0.29) is 25.5 Å². The molecule has 2 heterocycles. The number of piperazine rings is 1. The van der Waals surface area contributed by atoms with Gasteiger partial charge in [-0.05, 0) is 43.9 Å². The summed E-state index contributed by atoms with van der Waals surface area (Å²) in [5.41, 5.74) is 0. The molecule has 0 saturated carbocycles. The molecule has 1 atom stereocenters. The van der Waals surface area contributed by atoms with Gasteiger partial charge in [0.25, 0.3) is 0 Å². The molecule has 156 valence electrons. The van der Waals surface area contributed by atoms with Gasteiger partial charge in [-0.25, -0.2) is 17.2 Å². The Kier molecular flexibility index (Phi) is 6.67. The van der Waals surface area contributed by atoms with Crippen LogP contribution in [0.2, 0.25) is 0 Å². The summed E-state index contributed by atoms with van der Waals surface area (Å²) in [4.78, 5) is 15.9. The Morgan fingerprint density at radius 1 is 1.11 bits per heavy atom. The first-order valence-corrected chi connectivity index (χ1v) is 11.2. The molecule has 2 fully saturated rings. The van der Waals surface area contributed by atoms with E-state index in [0.29, 0.717) is 25.2 Å². The number of piperidine rings is 1. The first kappa shape index (κ1) is 21.1. The molecular formula is C19H27F2N3O3S. The van der Waals surface area contributed by atoms with E-state index in [1.165, 1.54) is 0 Å². The van der Waals surface area contributed by atoms with Gasteiger partial charge in [0.1, 0.15) is 16.5 Å². The molecule has 9 heteroatoms. The largest absolute Gasteiger partial charge is 0.339 e. The van der Waals surface area contributed by atoms with Crippen LogP contribution in [0.4, 0.5) is 8.78 Å². The van der Waals surface area contributed by atoms with Gasteiger partial charge in [-0.1, -0.05) is 6.92 Å². The third kappa shape index (κ3) is 4.52. The minimum atomic E-state index is -4.10. The molecular weight excluding hydrogens is 388 g/mol. The summed E-state index contributed by atoms with van der Waals surface area (Å²) < 4.78 is 53.7. The summed E-state index contributed by atoms with van der Waals surface area (Å²) in [5.74, 6) is -1.68. The topological polar surface area (TPSA) is 60.9 Å². The molecule has 0 spiro atoms. The average molecular weight is 416 g/mol. The number of nitrogens with zero attached hydrogens (tertiary/aromatic N) is 3. The Morgan fingerprint density at radius 3 is 2.50 bits per heavy atom. The summed E-state index contributed by atoms with van der Waals surface area (Å²) in [6.07, 6.45) is 4.15. The van der Waals surface area contributed by atoms with Crippen molar-refractivity contribution in [2.45, 2.75) is 43.5 Å². The number of benzene rings is 1. The zero-order chi connectivity index (χ0) is 20.3. The van der Waals surface area contributed by atoms with Gasteiger partial charge in [-0.3, -0.25) is 9.69 Å². The molecule has 0 unspecified atom stereocenters. The van der Waals surface area contributed by atoms with E-state index in [4.69, 9.17) is 0 Å². The third-order valence-corrected chi connectivity index (χ3v) is 7.53. The van der Waals surface area contributed by atoms with Crippen molar-refractivity contribution in [1.29, 1.82) is 0 Å². The van der Waals surface area contributed by atoms with Gasteiger partial charge < -0.3 is 4.90 Å². The molecule has 0 bridgehead atoms. The predicted molar refractivity (Wildman–Crippen MR) is 101 cm³/mol. The Labute approximate surface area is 165 Å². The van der Waals surface area contributed by atoms with E-state index in [1.807, 2.05) is 9.80 Å². The maximum absolute atomic E-state index is 13.9. The zero-order valence-electron chi connectivity index (χ0n) is 16.1. The number of rotatable bonds is 5. The van der Waals surface area contributed by atoms with Gasteiger partial charge in [0.15, 0.2) is 0 Å². The van der Waals surface area contributed by atoms with Gasteiger partial charge in [-0.15, -0.1) is 0 Å². The normalized spacial score (nSPS) is 22.4. The Balaban J connectivity index is 1.59. The van der Waals surface area contributed by atoms with E-state index in [1.54, 1.807) is 0 Å². The van der Waals surface area contributed by atoms with E-state index < -0.39 is 26.6 Å². The highest BCUT2D eigenvalue weighted by molar-refractivity contribution is 7.89. The zero-order valence-corrected chi connectivity index (χ0v) is 16.9. The van der Waals surface area contributed by atoms with E-state index >= 15 is 0 Å². The first-order chi connectivity index (χ1) is 13.3. The Morgan fingerprint density at radius 2 is 1.82 bits per heavy atom. The summed E-state index contributed by atoms with van der Waals surface area (Å²) in [7, 11) is -4.10. The van der Waals surface area contributed by atoms with Crippen LogP contribution in [0.3, 0.4) is 0 Å². The fourth-order valence-corrected chi connectivity index (χ4v) is 5.48. The number of hydrogen-bond acceptors (Lipinski definition) is 4. The number of carbonyl (C=O) groups is 1. The van der Waals surface area contributed by atoms with Crippen LogP contribution in [-0.2, 0) is 14.8 Å². The highest BCUT2D eigenvalue weighted by Gasteiger charge is 2.33. The lowest BCUT2D eigenvalue weighted by atomic mass is 10.00. The molecule has 2 saturated heterocycles. The predicted octanol–water partition coefficient (Wildman–Crippen LogP) is 2.06. The molecule has 2 aliphatic rings. The molecule has 3 rings (SSSR count). The molecule has 0 aromatic heterocycles. The standard InChI is InChI=1S/C19H27F2N3O3S/c1-2-16-5-3-4-8-24(16)19(25)14-22-9-11-23(12-10-22)28(26,27)18-13-15(20)6-7-17(18)21/h6-7,13,16H,2-5,8-12,14H2,1H3/t16-/m1/s1. The van der Waals surface area contributed by atoms with Crippen molar-refractivity contribution in [3.63, 3.8) is 0 Å². The van der Waals surface area contributed by atoms with Crippen molar-refractivity contribution >= 4 is 15.9 Å². The van der Waals surface area contributed by atoms with Crippen molar-refractivity contribution in [3.05, 3.63) is 29.8 Å². The van der Waals surface area contributed by atoms with Crippen LogP contribution in [-0.4, -0.2) is 73.7 Å².